The van der Waals surface area contributed by atoms with Crippen LogP contribution in [0.3, 0.4) is 0 Å². The van der Waals surface area contributed by atoms with E-state index in [1.165, 1.54) is 12.4 Å². The molecule has 0 unspecified atom stereocenters. The van der Waals surface area contributed by atoms with Gasteiger partial charge in [-0.25, -0.2) is 0 Å². The molecular weight excluding hydrogens is 228 g/mol. The van der Waals surface area contributed by atoms with Gasteiger partial charge in [-0.15, -0.1) is 24.0 Å². The van der Waals surface area contributed by atoms with Crippen molar-refractivity contribution in [3.63, 3.8) is 0 Å². The Hall–Kier alpha value is -0.420. The first-order chi connectivity index (χ1) is 5.51. The number of halogens is 5. The van der Waals surface area contributed by atoms with E-state index in [-0.39, 0.29) is 18.3 Å². The van der Waals surface area contributed by atoms with Crippen LogP contribution in [0.15, 0.2) is 12.4 Å². The average molecular weight is 235 g/mol. The molecule has 0 aliphatic heterocycles. The van der Waals surface area contributed by atoms with Crippen LogP contribution in [0.5, 0.6) is 0 Å². The standard InChI is InChI=1S/C6H6ClF3N2.ClH/c7-1-5-2-11-12(3-5)4-6(8,9)10;/h2-3H,1,4H2;1H. The molecule has 0 fully saturated rings. The van der Waals surface area contributed by atoms with Crippen molar-refractivity contribution in [1.29, 1.82) is 0 Å². The van der Waals surface area contributed by atoms with E-state index in [0.29, 0.717) is 5.56 Å². The van der Waals surface area contributed by atoms with Crippen molar-refractivity contribution in [2.24, 2.45) is 0 Å². The Labute approximate surface area is 84.1 Å². The Bertz CT molecular complexity index is 259. The van der Waals surface area contributed by atoms with E-state index in [0.717, 1.165) is 4.68 Å². The fourth-order valence-corrected chi connectivity index (χ4v) is 0.884. The van der Waals surface area contributed by atoms with E-state index in [9.17, 15) is 13.2 Å². The molecular formula is C6H7Cl2F3N2. The number of hydrogen-bond acceptors (Lipinski definition) is 1. The van der Waals surface area contributed by atoms with Crippen LogP contribution in [0.25, 0.3) is 0 Å². The van der Waals surface area contributed by atoms with E-state index in [1.54, 1.807) is 0 Å². The molecule has 1 aromatic rings. The lowest BCUT2D eigenvalue weighted by Gasteiger charge is -2.04. The van der Waals surface area contributed by atoms with Crippen LogP contribution < -0.4 is 0 Å². The summed E-state index contributed by atoms with van der Waals surface area (Å²) in [6.45, 7) is -1.07. The zero-order valence-electron chi connectivity index (χ0n) is 6.38. The van der Waals surface area contributed by atoms with Crippen LogP contribution in [0.1, 0.15) is 5.56 Å². The van der Waals surface area contributed by atoms with Crippen LogP contribution in [0.2, 0.25) is 0 Å². The largest absolute Gasteiger partial charge is 0.408 e. The van der Waals surface area contributed by atoms with Crippen LogP contribution >= 0.6 is 24.0 Å². The topological polar surface area (TPSA) is 17.8 Å². The quantitative estimate of drug-likeness (QED) is 0.720. The Morgan fingerprint density at radius 1 is 1.46 bits per heavy atom. The van der Waals surface area contributed by atoms with E-state index < -0.39 is 12.7 Å². The highest BCUT2D eigenvalue weighted by Crippen LogP contribution is 2.17. The summed E-state index contributed by atoms with van der Waals surface area (Å²) in [6.07, 6.45) is -1.63. The first kappa shape index (κ1) is 12.6. The summed E-state index contributed by atoms with van der Waals surface area (Å²) in [6, 6.07) is 0. The molecule has 1 heterocycles. The molecule has 0 saturated heterocycles. The molecule has 0 aromatic carbocycles. The summed E-state index contributed by atoms with van der Waals surface area (Å²) < 4.78 is 36.1. The second-order valence-corrected chi connectivity index (χ2v) is 2.56. The zero-order chi connectivity index (χ0) is 9.19. The first-order valence-corrected chi connectivity index (χ1v) is 3.69. The predicted octanol–water partition coefficient (Wildman–Crippen LogP) is 2.61. The van der Waals surface area contributed by atoms with Gasteiger partial charge in [0.25, 0.3) is 0 Å². The Morgan fingerprint density at radius 3 is 2.46 bits per heavy atom. The van der Waals surface area contributed by atoms with Gasteiger partial charge in [-0.2, -0.15) is 18.3 Å². The van der Waals surface area contributed by atoms with Crippen molar-refractivity contribution in [3.8, 4) is 0 Å². The second-order valence-electron chi connectivity index (χ2n) is 2.29. The summed E-state index contributed by atoms with van der Waals surface area (Å²) in [4.78, 5) is 0. The van der Waals surface area contributed by atoms with Gasteiger partial charge in [-0.3, -0.25) is 4.68 Å². The van der Waals surface area contributed by atoms with Gasteiger partial charge < -0.3 is 0 Å². The lowest BCUT2D eigenvalue weighted by molar-refractivity contribution is -0.142. The zero-order valence-corrected chi connectivity index (χ0v) is 7.96. The van der Waals surface area contributed by atoms with Gasteiger partial charge in [-0.1, -0.05) is 0 Å². The molecule has 0 saturated carbocycles. The number of aromatic nitrogens is 2. The molecule has 13 heavy (non-hydrogen) atoms. The van der Waals surface area contributed by atoms with Crippen molar-refractivity contribution in [2.45, 2.75) is 18.6 Å². The molecule has 0 bridgehead atoms. The van der Waals surface area contributed by atoms with E-state index in [4.69, 9.17) is 11.6 Å². The summed E-state index contributed by atoms with van der Waals surface area (Å²) >= 11 is 5.38. The first-order valence-electron chi connectivity index (χ1n) is 3.15. The van der Waals surface area contributed by atoms with Crippen molar-refractivity contribution in [3.05, 3.63) is 18.0 Å². The highest BCUT2D eigenvalue weighted by atomic mass is 35.5. The molecule has 0 aliphatic rings. The fourth-order valence-electron chi connectivity index (χ4n) is 0.746. The van der Waals surface area contributed by atoms with Crippen molar-refractivity contribution in [2.75, 3.05) is 0 Å². The van der Waals surface area contributed by atoms with Crippen molar-refractivity contribution < 1.29 is 13.2 Å². The maximum atomic E-state index is 11.8. The molecule has 0 N–H and O–H groups in total. The second kappa shape index (κ2) is 4.72. The van der Waals surface area contributed by atoms with Gasteiger partial charge >= 0.3 is 6.18 Å². The smallest absolute Gasteiger partial charge is 0.263 e. The molecule has 0 aliphatic carbocycles. The van der Waals surface area contributed by atoms with Gasteiger partial charge in [0.2, 0.25) is 0 Å². The molecule has 0 amide bonds. The summed E-state index contributed by atoms with van der Waals surface area (Å²) in [5, 5.41) is 3.48. The Balaban J connectivity index is 0.00000144. The average Bonchev–Trinajstić information content (AvgIpc) is 2.32. The molecule has 0 spiro atoms. The van der Waals surface area contributed by atoms with Crippen LogP contribution in [-0.2, 0) is 12.4 Å². The van der Waals surface area contributed by atoms with Gasteiger partial charge in [0.05, 0.1) is 12.1 Å². The maximum absolute atomic E-state index is 11.8. The molecule has 0 atom stereocenters. The molecule has 0 radical (unpaired) electrons. The van der Waals surface area contributed by atoms with Crippen LogP contribution in [-0.4, -0.2) is 16.0 Å². The molecule has 76 valence electrons. The molecule has 1 rings (SSSR count). The van der Waals surface area contributed by atoms with Gasteiger partial charge in [0, 0.05) is 11.8 Å². The molecule has 2 nitrogen and oxygen atoms in total. The lowest BCUT2D eigenvalue weighted by Crippen LogP contribution is -2.17. The third-order valence-corrected chi connectivity index (χ3v) is 1.49. The minimum atomic E-state index is -4.23. The van der Waals surface area contributed by atoms with Crippen LogP contribution in [0.4, 0.5) is 13.2 Å². The fraction of sp³-hybridized carbons (Fsp3) is 0.500. The number of nitrogens with zero attached hydrogens (tertiary/aromatic N) is 2. The highest BCUT2D eigenvalue weighted by Gasteiger charge is 2.28. The third-order valence-electron chi connectivity index (χ3n) is 1.18. The summed E-state index contributed by atoms with van der Waals surface area (Å²) in [5.74, 6) is 0.178. The van der Waals surface area contributed by atoms with Crippen molar-refractivity contribution >= 4 is 24.0 Å². The normalized spacial score (nSPS) is 11.1. The van der Waals surface area contributed by atoms with E-state index in [2.05, 4.69) is 5.10 Å². The maximum Gasteiger partial charge on any atom is 0.408 e. The monoisotopic (exact) mass is 234 g/mol. The van der Waals surface area contributed by atoms with Gasteiger partial charge in [0.15, 0.2) is 0 Å². The SMILES string of the molecule is Cl.FC(F)(F)Cn1cc(CCl)cn1. The molecule has 1 aromatic heterocycles. The Kier molecular flexibility index (Phi) is 4.56. The molecule has 7 heteroatoms. The predicted molar refractivity (Wildman–Crippen MR) is 45.1 cm³/mol. The minimum absolute atomic E-state index is 0. The lowest BCUT2D eigenvalue weighted by atomic mass is 10.4. The van der Waals surface area contributed by atoms with Crippen molar-refractivity contribution in [1.82, 2.24) is 9.78 Å². The number of hydrogen-bond donors (Lipinski definition) is 0. The third kappa shape index (κ3) is 4.38. The Morgan fingerprint density at radius 2 is 2.08 bits per heavy atom. The van der Waals surface area contributed by atoms with Crippen LogP contribution in [0, 0.1) is 0 Å². The van der Waals surface area contributed by atoms with Gasteiger partial charge in [0.1, 0.15) is 6.54 Å². The summed E-state index contributed by atoms with van der Waals surface area (Å²) in [7, 11) is 0. The minimum Gasteiger partial charge on any atom is -0.263 e. The number of alkyl halides is 4. The number of rotatable bonds is 2. The highest BCUT2D eigenvalue weighted by molar-refractivity contribution is 6.17. The van der Waals surface area contributed by atoms with Gasteiger partial charge in [-0.05, 0) is 0 Å². The van der Waals surface area contributed by atoms with E-state index in [1.807, 2.05) is 0 Å². The summed E-state index contributed by atoms with van der Waals surface area (Å²) in [5.41, 5.74) is 0.584. The van der Waals surface area contributed by atoms with E-state index >= 15 is 0 Å².